The molecule has 3 rings (SSSR count). The Hall–Kier alpha value is -0.870. The Balaban J connectivity index is 0.00000208. The Labute approximate surface area is 160 Å². The molecular formula is C16H24IN3O3S. The molecule has 1 unspecified atom stereocenters. The van der Waals surface area contributed by atoms with Crippen LogP contribution < -0.4 is 11.1 Å². The molecule has 1 atom stereocenters. The van der Waals surface area contributed by atoms with Crippen molar-refractivity contribution in [3.05, 3.63) is 29.3 Å². The van der Waals surface area contributed by atoms with Gasteiger partial charge in [0, 0.05) is 5.69 Å². The van der Waals surface area contributed by atoms with E-state index in [1.54, 1.807) is 0 Å². The third-order valence-electron chi connectivity index (χ3n) is 4.31. The molecule has 0 aromatic heterocycles. The molecule has 2 aliphatic rings. The first-order valence-corrected chi connectivity index (χ1v) is 9.85. The van der Waals surface area contributed by atoms with Gasteiger partial charge in [-0.2, -0.15) is 0 Å². The van der Waals surface area contributed by atoms with Crippen molar-refractivity contribution in [3.63, 3.8) is 0 Å². The second-order valence-electron chi connectivity index (χ2n) is 6.11. The van der Waals surface area contributed by atoms with Gasteiger partial charge in [-0.15, -0.1) is 24.0 Å². The fraction of sp³-hybridized carbons (Fsp3) is 0.562. The number of halogens is 1. The minimum atomic E-state index is -3.01. The maximum absolute atomic E-state index is 11.6. The van der Waals surface area contributed by atoms with Crippen LogP contribution in [-0.4, -0.2) is 45.1 Å². The molecular weight excluding hydrogens is 441 g/mol. The molecule has 1 fully saturated rings. The summed E-state index contributed by atoms with van der Waals surface area (Å²) in [4.78, 5) is 4.25. The zero-order chi connectivity index (χ0) is 16.3. The Morgan fingerprint density at radius 1 is 1.33 bits per heavy atom. The minimum absolute atomic E-state index is 0. The molecule has 1 saturated heterocycles. The standard InChI is InChI=1S/C16H23N3O3S.HI/c17-16(18-10-13-11-23(20,21)9-8-22-13)19-15-7-3-5-12-4-1-2-6-14(12)15;/h3,5,7,13H,1-2,4,6,8-11H2,(H3,17,18,19);1H. The van der Waals surface area contributed by atoms with Gasteiger partial charge in [-0.25, -0.2) is 8.42 Å². The fourth-order valence-corrected chi connectivity index (χ4v) is 4.42. The number of aliphatic imine (C=N–C) groups is 1. The molecule has 24 heavy (non-hydrogen) atoms. The number of benzene rings is 1. The van der Waals surface area contributed by atoms with Gasteiger partial charge in [0.25, 0.3) is 0 Å². The predicted octanol–water partition coefficient (Wildman–Crippen LogP) is 1.72. The normalized spacial score (nSPS) is 23.0. The number of nitrogens with one attached hydrogen (secondary N) is 1. The quantitative estimate of drug-likeness (QED) is 0.403. The van der Waals surface area contributed by atoms with E-state index in [-0.39, 0.29) is 48.6 Å². The number of ether oxygens (including phenoxy) is 1. The maximum atomic E-state index is 11.6. The molecule has 1 aromatic rings. The summed E-state index contributed by atoms with van der Waals surface area (Å²) in [6, 6.07) is 6.19. The summed E-state index contributed by atoms with van der Waals surface area (Å²) in [5.74, 6) is 0.414. The van der Waals surface area contributed by atoms with Gasteiger partial charge in [0.15, 0.2) is 15.8 Å². The van der Waals surface area contributed by atoms with Crippen molar-refractivity contribution in [1.29, 1.82) is 0 Å². The van der Waals surface area contributed by atoms with Gasteiger partial charge in [0.2, 0.25) is 0 Å². The van der Waals surface area contributed by atoms with Crippen LogP contribution in [-0.2, 0) is 27.4 Å². The molecule has 1 aliphatic heterocycles. The number of rotatable bonds is 3. The SMILES string of the molecule is I.NC(=NCC1CS(=O)(=O)CCO1)Nc1cccc2c1CCCC2. The molecule has 0 amide bonds. The second kappa shape index (κ2) is 8.48. The van der Waals surface area contributed by atoms with Crippen LogP contribution in [0.15, 0.2) is 23.2 Å². The average Bonchev–Trinajstić information content (AvgIpc) is 2.52. The highest BCUT2D eigenvalue weighted by molar-refractivity contribution is 14.0. The van der Waals surface area contributed by atoms with Crippen LogP contribution in [0.25, 0.3) is 0 Å². The number of fused-ring (bicyclic) bond motifs is 1. The van der Waals surface area contributed by atoms with E-state index in [1.165, 1.54) is 24.0 Å². The van der Waals surface area contributed by atoms with Crippen molar-refractivity contribution in [2.45, 2.75) is 31.8 Å². The van der Waals surface area contributed by atoms with E-state index in [0.29, 0.717) is 5.96 Å². The summed E-state index contributed by atoms with van der Waals surface area (Å²) in [7, 11) is -3.01. The number of hydrogen-bond donors (Lipinski definition) is 2. The van der Waals surface area contributed by atoms with Crippen LogP contribution in [0.3, 0.4) is 0 Å². The average molecular weight is 465 g/mol. The number of nitrogens with two attached hydrogens (primary N) is 1. The number of anilines is 1. The summed E-state index contributed by atoms with van der Waals surface area (Å²) in [5.41, 5.74) is 9.64. The zero-order valence-electron chi connectivity index (χ0n) is 13.5. The maximum Gasteiger partial charge on any atom is 0.193 e. The molecule has 1 aromatic carbocycles. The molecule has 134 valence electrons. The summed E-state index contributed by atoms with van der Waals surface area (Å²) in [6.45, 7) is 0.495. The van der Waals surface area contributed by atoms with E-state index in [1.807, 2.05) is 12.1 Å². The van der Waals surface area contributed by atoms with Crippen LogP contribution >= 0.6 is 24.0 Å². The lowest BCUT2D eigenvalue weighted by Crippen LogP contribution is -2.37. The number of sulfone groups is 1. The van der Waals surface area contributed by atoms with E-state index in [9.17, 15) is 8.42 Å². The second-order valence-corrected chi connectivity index (χ2v) is 8.34. The lowest BCUT2D eigenvalue weighted by Gasteiger charge is -2.22. The third kappa shape index (κ3) is 5.06. The number of nitrogens with zero attached hydrogens (tertiary/aromatic N) is 1. The molecule has 1 aliphatic carbocycles. The topological polar surface area (TPSA) is 93.8 Å². The van der Waals surface area contributed by atoms with Gasteiger partial charge in [-0.3, -0.25) is 4.99 Å². The highest BCUT2D eigenvalue weighted by Gasteiger charge is 2.25. The molecule has 8 heteroatoms. The number of aryl methyl sites for hydroxylation is 1. The van der Waals surface area contributed by atoms with Gasteiger partial charge < -0.3 is 15.8 Å². The Morgan fingerprint density at radius 2 is 2.12 bits per heavy atom. The number of guanidine groups is 1. The van der Waals surface area contributed by atoms with Crippen LogP contribution in [0, 0.1) is 0 Å². The van der Waals surface area contributed by atoms with E-state index in [0.717, 1.165) is 18.5 Å². The Kier molecular flexibility index (Phi) is 6.88. The smallest absolute Gasteiger partial charge is 0.193 e. The van der Waals surface area contributed by atoms with Crippen molar-refractivity contribution >= 4 is 45.5 Å². The zero-order valence-corrected chi connectivity index (χ0v) is 16.7. The highest BCUT2D eigenvalue weighted by Crippen LogP contribution is 2.27. The van der Waals surface area contributed by atoms with E-state index >= 15 is 0 Å². The largest absolute Gasteiger partial charge is 0.374 e. The van der Waals surface area contributed by atoms with Crippen molar-refractivity contribution in [2.75, 3.05) is 30.0 Å². The van der Waals surface area contributed by atoms with Crippen LogP contribution in [0.2, 0.25) is 0 Å². The molecule has 1 heterocycles. The first-order valence-electron chi connectivity index (χ1n) is 8.03. The summed E-state index contributed by atoms with van der Waals surface area (Å²) in [5, 5.41) is 3.15. The van der Waals surface area contributed by atoms with E-state index in [2.05, 4.69) is 16.4 Å². The van der Waals surface area contributed by atoms with Crippen molar-refractivity contribution in [2.24, 2.45) is 10.7 Å². The first kappa shape index (κ1) is 19.5. The molecule has 0 spiro atoms. The van der Waals surface area contributed by atoms with Crippen LogP contribution in [0.5, 0.6) is 0 Å². The van der Waals surface area contributed by atoms with Crippen molar-refractivity contribution < 1.29 is 13.2 Å². The van der Waals surface area contributed by atoms with Gasteiger partial charge >= 0.3 is 0 Å². The summed E-state index contributed by atoms with van der Waals surface area (Å²) < 4.78 is 28.6. The minimum Gasteiger partial charge on any atom is -0.374 e. The molecule has 3 N–H and O–H groups in total. The molecule has 0 radical (unpaired) electrons. The summed E-state index contributed by atoms with van der Waals surface area (Å²) >= 11 is 0. The monoisotopic (exact) mass is 465 g/mol. The number of hydrogen-bond acceptors (Lipinski definition) is 4. The van der Waals surface area contributed by atoms with Gasteiger partial charge in [-0.1, -0.05) is 12.1 Å². The van der Waals surface area contributed by atoms with Gasteiger partial charge in [0.05, 0.1) is 30.8 Å². The van der Waals surface area contributed by atoms with Crippen LogP contribution in [0.4, 0.5) is 5.69 Å². The lowest BCUT2D eigenvalue weighted by atomic mass is 9.90. The first-order chi connectivity index (χ1) is 11.0. The Bertz CT molecular complexity index is 707. The third-order valence-corrected chi connectivity index (χ3v) is 5.98. The molecule has 0 bridgehead atoms. The highest BCUT2D eigenvalue weighted by atomic mass is 127. The van der Waals surface area contributed by atoms with E-state index < -0.39 is 15.9 Å². The summed E-state index contributed by atoms with van der Waals surface area (Å²) in [6.07, 6.45) is 4.17. The molecule has 0 saturated carbocycles. The van der Waals surface area contributed by atoms with Crippen LogP contribution in [0.1, 0.15) is 24.0 Å². The molecule has 6 nitrogen and oxygen atoms in total. The Morgan fingerprint density at radius 3 is 2.92 bits per heavy atom. The predicted molar refractivity (Wildman–Crippen MR) is 107 cm³/mol. The van der Waals surface area contributed by atoms with Crippen molar-refractivity contribution in [3.8, 4) is 0 Å². The van der Waals surface area contributed by atoms with Crippen molar-refractivity contribution in [1.82, 2.24) is 0 Å². The van der Waals surface area contributed by atoms with Gasteiger partial charge in [0.1, 0.15) is 0 Å². The van der Waals surface area contributed by atoms with Gasteiger partial charge in [-0.05, 0) is 42.9 Å². The lowest BCUT2D eigenvalue weighted by molar-refractivity contribution is 0.0783. The fourth-order valence-electron chi connectivity index (χ4n) is 3.14. The van der Waals surface area contributed by atoms with E-state index in [4.69, 9.17) is 10.5 Å².